The van der Waals surface area contributed by atoms with Crippen LogP contribution in [0.2, 0.25) is 0 Å². The molecule has 1 aliphatic rings. The van der Waals surface area contributed by atoms with Gasteiger partial charge in [0.1, 0.15) is 0 Å². The highest BCUT2D eigenvalue weighted by Crippen LogP contribution is 2.26. The lowest BCUT2D eigenvalue weighted by molar-refractivity contribution is -0.428. The van der Waals surface area contributed by atoms with Gasteiger partial charge in [-0.15, -0.1) is 0 Å². The van der Waals surface area contributed by atoms with Gasteiger partial charge in [-0.2, -0.15) is 0 Å². The van der Waals surface area contributed by atoms with Gasteiger partial charge in [0.15, 0.2) is 5.50 Å². The average Bonchev–Trinajstić information content (AvgIpc) is 1.97. The van der Waals surface area contributed by atoms with Crippen LogP contribution in [0, 0.1) is 10.1 Å². The molecule has 0 aromatic heterocycles. The van der Waals surface area contributed by atoms with Crippen molar-refractivity contribution in [2.45, 2.75) is 12.4 Å². The van der Waals surface area contributed by atoms with Crippen molar-refractivity contribution in [2.24, 2.45) is 0 Å². The second kappa shape index (κ2) is 3.45. The van der Waals surface area contributed by atoms with Gasteiger partial charge < -0.3 is 5.32 Å². The number of nitrogens with zero attached hydrogens (tertiary/aromatic N) is 1. The highest BCUT2D eigenvalue weighted by atomic mass is 79.9. The fraction of sp³-hybridized carbons (Fsp3) is 0.333. The number of rotatable bonds is 1. The molecule has 1 aliphatic heterocycles. The van der Waals surface area contributed by atoms with Gasteiger partial charge in [-0.25, -0.2) is 0 Å². The zero-order chi connectivity index (χ0) is 9.30. The van der Waals surface area contributed by atoms with Gasteiger partial charge in [0.25, 0.3) is 5.70 Å². The van der Waals surface area contributed by atoms with E-state index in [2.05, 4.69) is 21.2 Å². The van der Waals surface area contributed by atoms with Gasteiger partial charge >= 0.3 is 0 Å². The van der Waals surface area contributed by atoms with E-state index in [9.17, 15) is 10.1 Å². The van der Waals surface area contributed by atoms with Gasteiger partial charge in [-0.3, -0.25) is 10.1 Å². The van der Waals surface area contributed by atoms with Gasteiger partial charge in [0.05, 0.1) is 4.92 Å². The van der Waals surface area contributed by atoms with Gasteiger partial charge in [0, 0.05) is 16.3 Å². The summed E-state index contributed by atoms with van der Waals surface area (Å²) in [7, 11) is 0. The van der Waals surface area contributed by atoms with Crippen LogP contribution >= 0.6 is 27.5 Å². The number of allylic oxidation sites excluding steroid dienone is 2. The predicted molar refractivity (Wildman–Crippen MR) is 49.5 cm³/mol. The first-order valence-electron chi connectivity index (χ1n) is 3.15. The normalized spacial score (nSPS) is 23.2. The Balaban J connectivity index is 3.11. The first kappa shape index (κ1) is 9.54. The Bertz CT molecular complexity index is 287. The van der Waals surface area contributed by atoms with E-state index >= 15 is 0 Å². The fourth-order valence-corrected chi connectivity index (χ4v) is 1.52. The third kappa shape index (κ3) is 1.61. The van der Waals surface area contributed by atoms with Crippen LogP contribution in [0.15, 0.2) is 22.0 Å². The molecule has 0 aromatic carbocycles. The predicted octanol–water partition coefficient (Wildman–Crippen LogP) is 1.94. The summed E-state index contributed by atoms with van der Waals surface area (Å²) in [4.78, 5) is 10.0. The molecule has 12 heavy (non-hydrogen) atoms. The molecule has 66 valence electrons. The maximum Gasteiger partial charge on any atom is 0.287 e. The minimum absolute atomic E-state index is 0.00829. The molecular formula is C6H6BrClN2O2. The lowest BCUT2D eigenvalue weighted by Crippen LogP contribution is -2.29. The standard InChI is InChI=1S/C6H6BrClN2O2/c1-3-4(7)2-9-6(8)5(3)10(11)12/h2,6,9H,1H3. The monoisotopic (exact) mass is 252 g/mol. The second-order valence-corrected chi connectivity index (χ2v) is 3.58. The molecule has 0 bridgehead atoms. The molecule has 0 saturated heterocycles. The van der Waals surface area contributed by atoms with E-state index in [1.807, 2.05) is 0 Å². The maximum atomic E-state index is 10.5. The molecule has 1 unspecified atom stereocenters. The van der Waals surface area contributed by atoms with Crippen molar-refractivity contribution in [3.05, 3.63) is 32.1 Å². The summed E-state index contributed by atoms with van der Waals surface area (Å²) in [6, 6.07) is 0. The summed E-state index contributed by atoms with van der Waals surface area (Å²) in [6.45, 7) is 1.65. The van der Waals surface area contributed by atoms with Crippen molar-refractivity contribution in [1.82, 2.24) is 5.32 Å². The number of nitrogens with one attached hydrogen (secondary N) is 1. The molecule has 1 heterocycles. The third-order valence-corrected chi connectivity index (χ3v) is 2.69. The van der Waals surface area contributed by atoms with Crippen molar-refractivity contribution < 1.29 is 4.92 Å². The minimum atomic E-state index is -0.749. The minimum Gasteiger partial charge on any atom is -0.366 e. The first-order chi connectivity index (χ1) is 5.54. The van der Waals surface area contributed by atoms with E-state index in [1.165, 1.54) is 0 Å². The molecule has 0 amide bonds. The highest BCUT2D eigenvalue weighted by molar-refractivity contribution is 9.12. The first-order valence-corrected chi connectivity index (χ1v) is 4.38. The average molecular weight is 253 g/mol. The summed E-state index contributed by atoms with van der Waals surface area (Å²) >= 11 is 8.83. The Morgan fingerprint density at radius 3 is 2.83 bits per heavy atom. The lowest BCUT2D eigenvalue weighted by Gasteiger charge is -2.15. The van der Waals surface area contributed by atoms with Crippen molar-refractivity contribution in [1.29, 1.82) is 0 Å². The third-order valence-electron chi connectivity index (χ3n) is 1.54. The molecule has 1 atom stereocenters. The Morgan fingerprint density at radius 2 is 2.42 bits per heavy atom. The van der Waals surface area contributed by atoms with E-state index < -0.39 is 10.4 Å². The van der Waals surface area contributed by atoms with Gasteiger partial charge in [-0.1, -0.05) is 11.6 Å². The quantitative estimate of drug-likeness (QED) is 0.336. The number of halogens is 2. The van der Waals surface area contributed by atoms with Crippen molar-refractivity contribution in [3.8, 4) is 0 Å². The summed E-state index contributed by atoms with van der Waals surface area (Å²) in [5.74, 6) is 0. The van der Waals surface area contributed by atoms with Crippen LogP contribution in [0.3, 0.4) is 0 Å². The zero-order valence-electron chi connectivity index (χ0n) is 6.17. The lowest BCUT2D eigenvalue weighted by atomic mass is 10.2. The molecule has 6 heteroatoms. The Labute approximate surface area is 82.6 Å². The molecule has 0 aromatic rings. The van der Waals surface area contributed by atoms with E-state index in [0.717, 1.165) is 0 Å². The largest absolute Gasteiger partial charge is 0.366 e. The molecule has 0 fully saturated rings. The van der Waals surface area contributed by atoms with Gasteiger partial charge in [0.2, 0.25) is 0 Å². The smallest absolute Gasteiger partial charge is 0.287 e. The highest BCUT2D eigenvalue weighted by Gasteiger charge is 2.28. The van der Waals surface area contributed by atoms with Crippen LogP contribution < -0.4 is 5.32 Å². The Morgan fingerprint density at radius 1 is 1.83 bits per heavy atom. The molecule has 0 aliphatic carbocycles. The van der Waals surface area contributed by atoms with E-state index in [0.29, 0.717) is 10.1 Å². The fourth-order valence-electron chi connectivity index (χ4n) is 0.875. The summed E-state index contributed by atoms with van der Waals surface area (Å²) in [5, 5.41) is 13.1. The number of hydrogen-bond donors (Lipinski definition) is 1. The number of nitro groups is 1. The van der Waals surface area contributed by atoms with Crippen molar-refractivity contribution in [3.63, 3.8) is 0 Å². The number of dihydropyridines is 1. The number of alkyl halides is 1. The van der Waals surface area contributed by atoms with Crippen LogP contribution in [-0.4, -0.2) is 10.4 Å². The van der Waals surface area contributed by atoms with Crippen LogP contribution in [0.25, 0.3) is 0 Å². The Kier molecular flexibility index (Phi) is 2.74. The topological polar surface area (TPSA) is 55.2 Å². The molecule has 0 spiro atoms. The molecule has 0 saturated carbocycles. The maximum absolute atomic E-state index is 10.5. The molecule has 1 rings (SSSR count). The SMILES string of the molecule is CC1=C([N+](=O)[O-])C(Cl)NC=C1Br. The van der Waals surface area contributed by atoms with Crippen LogP contribution in [0.1, 0.15) is 6.92 Å². The van der Waals surface area contributed by atoms with Crippen molar-refractivity contribution >= 4 is 27.5 Å². The summed E-state index contributed by atoms with van der Waals surface area (Å²) in [6.07, 6.45) is 1.60. The Hall–Kier alpha value is -0.550. The van der Waals surface area contributed by atoms with Crippen molar-refractivity contribution in [2.75, 3.05) is 0 Å². The van der Waals surface area contributed by atoms with E-state index in [1.54, 1.807) is 13.1 Å². The summed E-state index contributed by atoms with van der Waals surface area (Å²) in [5.41, 5.74) is -0.203. The van der Waals surface area contributed by atoms with E-state index in [-0.39, 0.29) is 5.70 Å². The van der Waals surface area contributed by atoms with Crippen LogP contribution in [-0.2, 0) is 0 Å². The summed E-state index contributed by atoms with van der Waals surface area (Å²) < 4.78 is 0.658. The van der Waals surface area contributed by atoms with Crippen LogP contribution in [0.4, 0.5) is 0 Å². The zero-order valence-corrected chi connectivity index (χ0v) is 8.52. The van der Waals surface area contributed by atoms with E-state index in [4.69, 9.17) is 11.6 Å². The molecular weight excluding hydrogens is 247 g/mol. The molecule has 0 radical (unpaired) electrons. The van der Waals surface area contributed by atoms with Crippen LogP contribution in [0.5, 0.6) is 0 Å². The number of hydrogen-bond acceptors (Lipinski definition) is 3. The van der Waals surface area contributed by atoms with Gasteiger partial charge in [-0.05, 0) is 22.9 Å². The molecule has 4 nitrogen and oxygen atoms in total. The molecule has 1 N–H and O–H groups in total. The second-order valence-electron chi connectivity index (χ2n) is 2.29.